The summed E-state index contributed by atoms with van der Waals surface area (Å²) in [7, 11) is -20.2. The monoisotopic (exact) mass is 834 g/mol. The van der Waals surface area contributed by atoms with E-state index in [1.54, 1.807) is 0 Å². The van der Waals surface area contributed by atoms with Gasteiger partial charge in [0.25, 0.3) is 40.5 Å². The van der Waals surface area contributed by atoms with Crippen LogP contribution in [-0.4, -0.2) is 57.0 Å². The van der Waals surface area contributed by atoms with Crippen LogP contribution in [0.1, 0.15) is 11.1 Å². The third-order valence-electron chi connectivity index (χ3n) is 7.52. The largest absolute Gasteiger partial charge is 0.505 e. The number of anilines is 4. The Morgan fingerprint density at radius 1 is 0.509 bits per heavy atom. The maximum absolute atomic E-state index is 12.4. The highest BCUT2D eigenvalue weighted by Gasteiger charge is 2.27. The second-order valence-corrected chi connectivity index (χ2v) is 16.8. The van der Waals surface area contributed by atoms with E-state index in [4.69, 9.17) is 22.9 Å². The van der Waals surface area contributed by atoms with Gasteiger partial charge in [-0.1, -0.05) is 24.3 Å². The lowest BCUT2D eigenvalue weighted by atomic mass is 10.1. The minimum absolute atomic E-state index is 0.0297. The molecule has 0 aliphatic heterocycles. The predicted octanol–water partition coefficient (Wildman–Crippen LogP) is 4.86. The van der Waals surface area contributed by atoms with Crippen molar-refractivity contribution in [1.82, 2.24) is 0 Å². The molecule has 0 aliphatic rings. The van der Waals surface area contributed by atoms with E-state index in [0.717, 1.165) is 36.4 Å². The molecule has 0 unspecified atom stereocenters. The van der Waals surface area contributed by atoms with Gasteiger partial charge in [0.15, 0.2) is 5.75 Å². The number of azo groups is 2. The minimum atomic E-state index is -5.25. The van der Waals surface area contributed by atoms with E-state index < -0.39 is 99.3 Å². The molecule has 0 radical (unpaired) electrons. The summed E-state index contributed by atoms with van der Waals surface area (Å²) < 4.78 is 137. The summed E-state index contributed by atoms with van der Waals surface area (Å²) in [6.45, 7) is 0. The summed E-state index contributed by atoms with van der Waals surface area (Å²) in [5, 5.41) is 25.3. The lowest BCUT2D eigenvalue weighted by molar-refractivity contribution is 0.472. The molecule has 0 fully saturated rings. The first kappa shape index (κ1) is 40.1. The number of phenols is 1. The molecule has 55 heavy (non-hydrogen) atoms. The molecule has 13 N–H and O–H groups in total. The van der Waals surface area contributed by atoms with Gasteiger partial charge in [0.05, 0.1) is 33.8 Å². The SMILES string of the molecule is Nc1ccc(N=Nc2ccc(/C=C/c3ccc(N=Nc4c(S(=O)(=O)O)cc5cc(S(=O)(=O)O)c(N)c(N)c5c4O)cc3S(=O)(=O)O)c(S(=O)(=O)O)c2)c(N)c1. The number of hydrogen-bond donors (Lipinski definition) is 9. The van der Waals surface area contributed by atoms with Gasteiger partial charge in [-0.3, -0.25) is 18.2 Å². The number of benzene rings is 5. The quantitative estimate of drug-likeness (QED) is 0.0392. The first-order chi connectivity index (χ1) is 25.4. The summed E-state index contributed by atoms with van der Waals surface area (Å²) in [6.07, 6.45) is 2.15. The van der Waals surface area contributed by atoms with Crippen molar-refractivity contribution in [2.75, 3.05) is 22.9 Å². The third-order valence-corrected chi connectivity index (χ3v) is 11.1. The number of nitrogens with zero attached hydrogens (tertiary/aromatic N) is 4. The summed E-state index contributed by atoms with van der Waals surface area (Å²) in [5.41, 5.74) is 20.7. The van der Waals surface area contributed by atoms with Gasteiger partial charge in [-0.2, -0.15) is 43.9 Å². The zero-order valence-corrected chi connectivity index (χ0v) is 30.5. The number of nitrogens with two attached hydrogens (primary N) is 4. The van der Waals surface area contributed by atoms with E-state index in [0.29, 0.717) is 17.8 Å². The lowest BCUT2D eigenvalue weighted by Crippen LogP contribution is -2.07. The molecule has 5 rings (SSSR count). The van der Waals surface area contributed by atoms with Gasteiger partial charge in [0.1, 0.15) is 31.0 Å². The van der Waals surface area contributed by atoms with Crippen molar-refractivity contribution in [1.29, 1.82) is 0 Å². The van der Waals surface area contributed by atoms with Gasteiger partial charge < -0.3 is 28.0 Å². The lowest BCUT2D eigenvalue weighted by Gasteiger charge is -2.14. The van der Waals surface area contributed by atoms with Crippen molar-refractivity contribution in [3.8, 4) is 5.75 Å². The van der Waals surface area contributed by atoms with Crippen molar-refractivity contribution in [3.63, 3.8) is 0 Å². The van der Waals surface area contributed by atoms with Crippen LogP contribution < -0.4 is 22.9 Å². The topological polar surface area (TPSA) is 391 Å². The molecule has 0 bridgehead atoms. The van der Waals surface area contributed by atoms with Crippen molar-refractivity contribution >= 4 is 109 Å². The Morgan fingerprint density at radius 3 is 1.45 bits per heavy atom. The fourth-order valence-electron chi connectivity index (χ4n) is 5.00. The van der Waals surface area contributed by atoms with Crippen molar-refractivity contribution < 1.29 is 57.0 Å². The fraction of sp³-hybridized carbons (Fsp3) is 0. The Morgan fingerprint density at radius 2 is 0.982 bits per heavy atom. The Bertz CT molecular complexity index is 2990. The van der Waals surface area contributed by atoms with E-state index >= 15 is 0 Å². The van der Waals surface area contributed by atoms with E-state index in [1.807, 2.05) is 0 Å². The molecule has 0 spiro atoms. The minimum Gasteiger partial charge on any atom is -0.505 e. The average molecular weight is 835 g/mol. The second kappa shape index (κ2) is 14.3. The Hall–Kier alpha value is -6.06. The van der Waals surface area contributed by atoms with Gasteiger partial charge in [-0.25, -0.2) is 0 Å². The van der Waals surface area contributed by atoms with Crippen molar-refractivity contribution in [2.45, 2.75) is 19.6 Å². The van der Waals surface area contributed by atoms with Crippen LogP contribution >= 0.6 is 0 Å². The Kier molecular flexibility index (Phi) is 10.4. The molecule has 0 amide bonds. The van der Waals surface area contributed by atoms with Gasteiger partial charge in [0.2, 0.25) is 0 Å². The molecule has 5 aromatic rings. The van der Waals surface area contributed by atoms with Crippen LogP contribution in [0.4, 0.5) is 45.5 Å². The zero-order chi connectivity index (χ0) is 40.8. The number of rotatable bonds is 10. The van der Waals surface area contributed by atoms with E-state index in [2.05, 4.69) is 20.5 Å². The molecule has 0 atom stereocenters. The molecule has 0 saturated heterocycles. The summed E-state index contributed by atoms with van der Waals surface area (Å²) in [4.78, 5) is -3.55. The van der Waals surface area contributed by atoms with Crippen LogP contribution in [0.5, 0.6) is 5.75 Å². The number of phenolic OH excluding ortho intramolecular Hbond substituents is 1. The molecule has 0 aromatic heterocycles. The van der Waals surface area contributed by atoms with E-state index in [9.17, 15) is 57.0 Å². The van der Waals surface area contributed by atoms with Gasteiger partial charge in [-0.05, 0) is 71.1 Å². The third kappa shape index (κ3) is 8.68. The summed E-state index contributed by atoms with van der Waals surface area (Å²) in [6, 6.07) is 12.2. The van der Waals surface area contributed by atoms with Crippen LogP contribution in [0.25, 0.3) is 22.9 Å². The molecule has 25 heteroatoms. The summed E-state index contributed by atoms with van der Waals surface area (Å²) in [5.74, 6) is -1.08. The summed E-state index contributed by atoms with van der Waals surface area (Å²) >= 11 is 0. The molecular formula is C30H26N8O13S4. The van der Waals surface area contributed by atoms with Crippen LogP contribution in [0, 0.1) is 0 Å². The number of aromatic hydroxyl groups is 1. The molecule has 0 aliphatic carbocycles. The molecule has 0 saturated carbocycles. The highest BCUT2D eigenvalue weighted by molar-refractivity contribution is 7.86. The van der Waals surface area contributed by atoms with Crippen LogP contribution in [0.3, 0.4) is 0 Å². The fourth-order valence-corrected chi connectivity index (χ4v) is 7.73. The van der Waals surface area contributed by atoms with Gasteiger partial charge >= 0.3 is 0 Å². The highest BCUT2D eigenvalue weighted by atomic mass is 32.2. The highest BCUT2D eigenvalue weighted by Crippen LogP contribution is 2.46. The number of hydrogen-bond acceptors (Lipinski definition) is 17. The zero-order valence-electron chi connectivity index (χ0n) is 27.2. The normalized spacial score (nSPS) is 13.1. The predicted molar refractivity (Wildman–Crippen MR) is 199 cm³/mol. The van der Waals surface area contributed by atoms with Crippen molar-refractivity contribution in [3.05, 3.63) is 77.9 Å². The number of nitrogen functional groups attached to an aromatic ring is 4. The molecule has 21 nitrogen and oxygen atoms in total. The van der Waals surface area contributed by atoms with Gasteiger partial charge in [-0.15, -0.1) is 10.2 Å². The van der Waals surface area contributed by atoms with Crippen molar-refractivity contribution in [2.24, 2.45) is 20.5 Å². The van der Waals surface area contributed by atoms with Crippen LogP contribution in [0.2, 0.25) is 0 Å². The maximum atomic E-state index is 12.4. The van der Waals surface area contributed by atoms with E-state index in [-0.39, 0.29) is 28.2 Å². The smallest absolute Gasteiger partial charge is 0.296 e. The number of fused-ring (bicyclic) bond motifs is 1. The van der Waals surface area contributed by atoms with E-state index in [1.165, 1.54) is 30.3 Å². The average Bonchev–Trinajstić information content (AvgIpc) is 3.06. The first-order valence-electron chi connectivity index (χ1n) is 14.6. The first-order valence-corrected chi connectivity index (χ1v) is 20.3. The van der Waals surface area contributed by atoms with Gasteiger partial charge in [0, 0.05) is 5.69 Å². The standard InChI is InChI=1S/C30H26N8O13S4/c31-17-5-8-21(20(32)11-17)37-35-18-6-3-14(22(12-18)52(40,41)42)1-2-15-4-7-19(13-23(15)53(43,44)45)36-38-29-25(55(49,50)51)10-16-9-24(54(46,47)48)27(33)28(34)26(16)30(29)39/h1-13,39H,31-34H2,(H,40,41,42)(H,43,44,45)(H,46,47,48)(H,49,50,51)/b2-1+,37-35?,38-36?. The Balaban J connectivity index is 1.56. The molecule has 5 aromatic carbocycles. The molecule has 288 valence electrons. The maximum Gasteiger partial charge on any atom is 0.296 e. The van der Waals surface area contributed by atoms with Crippen LogP contribution in [-0.2, 0) is 40.5 Å². The second-order valence-electron chi connectivity index (χ2n) is 11.3. The molecule has 0 heterocycles. The molecular weight excluding hydrogens is 809 g/mol. The Labute approximate surface area is 311 Å². The van der Waals surface area contributed by atoms with Crippen LogP contribution in [0.15, 0.2) is 107 Å².